The Morgan fingerprint density at radius 1 is 1.29 bits per heavy atom. The maximum absolute atomic E-state index is 11.9. The van der Waals surface area contributed by atoms with Gasteiger partial charge in [-0.05, 0) is 26.7 Å². The van der Waals surface area contributed by atoms with Crippen molar-refractivity contribution in [2.75, 3.05) is 14.1 Å². The average molecular weight is 197 g/mol. The van der Waals surface area contributed by atoms with Crippen molar-refractivity contribution < 1.29 is 4.79 Å². The fourth-order valence-electron chi connectivity index (χ4n) is 1.78. The minimum Gasteiger partial charge on any atom is -0.348 e. The number of allylic oxidation sites excluding steroid dienone is 1. The molecule has 0 N–H and O–H groups in total. The van der Waals surface area contributed by atoms with Crippen molar-refractivity contribution in [3.63, 3.8) is 0 Å². The first-order chi connectivity index (χ1) is 6.37. The number of carbonyl (C=O) groups is 1. The molecule has 0 aromatic rings. The standard InChI is InChI=1S/C12H23NO/c1-7-9-10(8-2)12(3,4)11(14)13(5)6/h9H,7-8H2,1-6H3/b10-9+. The fraction of sp³-hybridized carbons (Fsp3) is 0.750. The molecule has 0 aliphatic carbocycles. The molecule has 0 heterocycles. The molecule has 0 rings (SSSR count). The van der Waals surface area contributed by atoms with E-state index >= 15 is 0 Å². The van der Waals surface area contributed by atoms with Gasteiger partial charge in [-0.1, -0.05) is 25.5 Å². The van der Waals surface area contributed by atoms with Crippen LogP contribution in [-0.2, 0) is 4.79 Å². The van der Waals surface area contributed by atoms with Gasteiger partial charge in [-0.2, -0.15) is 0 Å². The molecular weight excluding hydrogens is 174 g/mol. The number of hydrogen-bond acceptors (Lipinski definition) is 1. The third-order valence-electron chi connectivity index (χ3n) is 2.58. The summed E-state index contributed by atoms with van der Waals surface area (Å²) in [5.41, 5.74) is 0.882. The first-order valence-corrected chi connectivity index (χ1v) is 5.29. The van der Waals surface area contributed by atoms with Crippen LogP contribution in [0.4, 0.5) is 0 Å². The Morgan fingerprint density at radius 2 is 1.79 bits per heavy atom. The van der Waals surface area contributed by atoms with E-state index in [2.05, 4.69) is 19.9 Å². The van der Waals surface area contributed by atoms with E-state index in [-0.39, 0.29) is 11.3 Å². The molecule has 14 heavy (non-hydrogen) atoms. The first-order valence-electron chi connectivity index (χ1n) is 5.29. The highest BCUT2D eigenvalue weighted by Crippen LogP contribution is 2.30. The van der Waals surface area contributed by atoms with Gasteiger partial charge in [0, 0.05) is 14.1 Å². The van der Waals surface area contributed by atoms with Crippen LogP contribution < -0.4 is 0 Å². The molecule has 0 radical (unpaired) electrons. The van der Waals surface area contributed by atoms with Gasteiger partial charge in [0.2, 0.25) is 5.91 Å². The number of amides is 1. The third kappa shape index (κ3) is 2.86. The Balaban J connectivity index is 4.91. The van der Waals surface area contributed by atoms with E-state index in [9.17, 15) is 4.79 Å². The number of nitrogens with zero attached hydrogens (tertiary/aromatic N) is 1. The molecule has 0 atom stereocenters. The van der Waals surface area contributed by atoms with Crippen LogP contribution in [-0.4, -0.2) is 24.9 Å². The second-order valence-corrected chi connectivity index (χ2v) is 4.32. The van der Waals surface area contributed by atoms with E-state index in [1.807, 2.05) is 27.9 Å². The van der Waals surface area contributed by atoms with E-state index in [0.29, 0.717) is 0 Å². The summed E-state index contributed by atoms with van der Waals surface area (Å²) in [5, 5.41) is 0. The van der Waals surface area contributed by atoms with Crippen LogP contribution in [0.15, 0.2) is 11.6 Å². The molecule has 0 aromatic carbocycles. The minimum absolute atomic E-state index is 0.180. The van der Waals surface area contributed by atoms with Gasteiger partial charge >= 0.3 is 0 Å². The average Bonchev–Trinajstić information content (AvgIpc) is 2.12. The highest BCUT2D eigenvalue weighted by atomic mass is 16.2. The highest BCUT2D eigenvalue weighted by molar-refractivity contribution is 5.84. The van der Waals surface area contributed by atoms with Crippen molar-refractivity contribution in [3.05, 3.63) is 11.6 Å². The molecule has 0 aromatic heterocycles. The molecule has 0 saturated carbocycles. The highest BCUT2D eigenvalue weighted by Gasteiger charge is 2.31. The third-order valence-corrected chi connectivity index (χ3v) is 2.58. The summed E-state index contributed by atoms with van der Waals surface area (Å²) in [7, 11) is 3.62. The zero-order valence-electron chi connectivity index (χ0n) is 10.3. The van der Waals surface area contributed by atoms with Gasteiger partial charge < -0.3 is 4.90 Å². The maximum Gasteiger partial charge on any atom is 0.231 e. The Labute approximate surface area is 88.0 Å². The molecule has 0 aliphatic rings. The van der Waals surface area contributed by atoms with Gasteiger partial charge in [0.15, 0.2) is 0 Å². The lowest BCUT2D eigenvalue weighted by Crippen LogP contribution is -2.37. The van der Waals surface area contributed by atoms with E-state index < -0.39 is 0 Å². The summed E-state index contributed by atoms with van der Waals surface area (Å²) in [6, 6.07) is 0. The van der Waals surface area contributed by atoms with Gasteiger partial charge in [-0.25, -0.2) is 0 Å². The lowest BCUT2D eigenvalue weighted by Gasteiger charge is -2.29. The smallest absolute Gasteiger partial charge is 0.231 e. The van der Waals surface area contributed by atoms with Gasteiger partial charge in [0.05, 0.1) is 5.41 Å². The molecule has 0 aliphatic heterocycles. The van der Waals surface area contributed by atoms with Crippen molar-refractivity contribution in [1.82, 2.24) is 4.90 Å². The molecule has 2 nitrogen and oxygen atoms in total. The second kappa shape index (κ2) is 5.18. The fourth-order valence-corrected chi connectivity index (χ4v) is 1.78. The summed E-state index contributed by atoms with van der Waals surface area (Å²) in [5.74, 6) is 0.180. The topological polar surface area (TPSA) is 20.3 Å². The molecule has 2 heteroatoms. The number of rotatable bonds is 4. The lowest BCUT2D eigenvalue weighted by atomic mass is 9.81. The Hall–Kier alpha value is -0.790. The molecule has 0 spiro atoms. The van der Waals surface area contributed by atoms with E-state index in [1.165, 1.54) is 5.57 Å². The van der Waals surface area contributed by atoms with Crippen molar-refractivity contribution >= 4 is 5.91 Å². The zero-order valence-corrected chi connectivity index (χ0v) is 10.3. The SMILES string of the molecule is CC/C=C(\CC)C(C)(C)C(=O)N(C)C. The van der Waals surface area contributed by atoms with Crippen molar-refractivity contribution in [1.29, 1.82) is 0 Å². The van der Waals surface area contributed by atoms with E-state index in [0.717, 1.165) is 12.8 Å². The molecule has 0 unspecified atom stereocenters. The summed E-state index contributed by atoms with van der Waals surface area (Å²) in [4.78, 5) is 13.6. The van der Waals surface area contributed by atoms with Gasteiger partial charge in [0.1, 0.15) is 0 Å². The van der Waals surface area contributed by atoms with Crippen molar-refractivity contribution in [3.8, 4) is 0 Å². The predicted molar refractivity (Wildman–Crippen MR) is 61.1 cm³/mol. The summed E-state index contributed by atoms with van der Waals surface area (Å²) < 4.78 is 0. The van der Waals surface area contributed by atoms with Crippen LogP contribution in [0.2, 0.25) is 0 Å². The second-order valence-electron chi connectivity index (χ2n) is 4.32. The van der Waals surface area contributed by atoms with Crippen LogP contribution in [0.3, 0.4) is 0 Å². The molecule has 0 fully saturated rings. The van der Waals surface area contributed by atoms with Crippen molar-refractivity contribution in [2.24, 2.45) is 5.41 Å². The van der Waals surface area contributed by atoms with E-state index in [4.69, 9.17) is 0 Å². The van der Waals surface area contributed by atoms with Gasteiger partial charge in [-0.3, -0.25) is 4.79 Å². The monoisotopic (exact) mass is 197 g/mol. The normalized spacial score (nSPS) is 12.9. The summed E-state index contributed by atoms with van der Waals surface area (Å²) in [6.07, 6.45) is 4.11. The minimum atomic E-state index is -0.353. The largest absolute Gasteiger partial charge is 0.348 e. The van der Waals surface area contributed by atoms with Crippen LogP contribution in [0.25, 0.3) is 0 Å². The van der Waals surface area contributed by atoms with E-state index in [1.54, 1.807) is 4.90 Å². The quantitative estimate of drug-likeness (QED) is 0.635. The van der Waals surface area contributed by atoms with Gasteiger partial charge in [-0.15, -0.1) is 0 Å². The Bertz CT molecular complexity index is 226. The molecule has 1 amide bonds. The van der Waals surface area contributed by atoms with Crippen molar-refractivity contribution in [2.45, 2.75) is 40.5 Å². The summed E-state index contributed by atoms with van der Waals surface area (Å²) >= 11 is 0. The Kier molecular flexibility index (Phi) is 4.89. The number of carbonyl (C=O) groups excluding carboxylic acids is 1. The van der Waals surface area contributed by atoms with Crippen LogP contribution in [0.1, 0.15) is 40.5 Å². The van der Waals surface area contributed by atoms with Crippen LogP contribution in [0.5, 0.6) is 0 Å². The molecular formula is C12H23NO. The molecule has 82 valence electrons. The number of hydrogen-bond donors (Lipinski definition) is 0. The summed E-state index contributed by atoms with van der Waals surface area (Å²) in [6.45, 7) is 8.21. The lowest BCUT2D eigenvalue weighted by molar-refractivity contribution is -0.135. The van der Waals surface area contributed by atoms with Crippen LogP contribution in [0, 0.1) is 5.41 Å². The zero-order chi connectivity index (χ0) is 11.4. The molecule has 0 bridgehead atoms. The first kappa shape index (κ1) is 13.2. The maximum atomic E-state index is 11.9. The predicted octanol–water partition coefficient (Wildman–Crippen LogP) is 2.85. The van der Waals surface area contributed by atoms with Crippen LogP contribution >= 0.6 is 0 Å². The molecule has 0 saturated heterocycles. The van der Waals surface area contributed by atoms with Gasteiger partial charge in [0.25, 0.3) is 0 Å². The Morgan fingerprint density at radius 3 is 2.07 bits per heavy atom.